The second kappa shape index (κ2) is 4.21. The van der Waals surface area contributed by atoms with E-state index in [-0.39, 0.29) is 12.1 Å². The molecule has 1 fully saturated rings. The van der Waals surface area contributed by atoms with Crippen molar-refractivity contribution in [2.24, 2.45) is 0 Å². The maximum atomic E-state index is 11.8. The fourth-order valence-electron chi connectivity index (χ4n) is 2.17. The molecular weight excluding hydrogens is 238 g/mol. The van der Waals surface area contributed by atoms with Crippen LogP contribution in [0.5, 0.6) is 0 Å². The molecule has 1 saturated heterocycles. The molecule has 2 rings (SSSR count). The molecule has 18 heavy (non-hydrogen) atoms. The van der Waals surface area contributed by atoms with E-state index in [0.29, 0.717) is 12.0 Å². The molecule has 0 spiro atoms. The predicted octanol–water partition coefficient (Wildman–Crippen LogP) is 1.72. The van der Waals surface area contributed by atoms with Gasteiger partial charge in [0, 0.05) is 12.1 Å². The molecule has 0 bridgehead atoms. The molecule has 1 aromatic rings. The van der Waals surface area contributed by atoms with Crippen LogP contribution < -0.4 is 0 Å². The third-order valence-corrected chi connectivity index (χ3v) is 3.26. The minimum atomic E-state index is -1.08. The van der Waals surface area contributed by atoms with Crippen molar-refractivity contribution in [1.29, 1.82) is 0 Å². The molecule has 0 aromatic heterocycles. The molecule has 0 saturated carbocycles. The number of non-ortho nitro benzene ring substituents is 1. The Morgan fingerprint density at radius 1 is 1.44 bits per heavy atom. The summed E-state index contributed by atoms with van der Waals surface area (Å²) < 4.78 is 4.58. The number of hydrogen-bond acceptors (Lipinski definition) is 5. The van der Waals surface area contributed by atoms with Crippen LogP contribution in [0.3, 0.4) is 0 Å². The molecule has 1 aliphatic heterocycles. The lowest BCUT2D eigenvalue weighted by Gasteiger charge is -2.21. The van der Waals surface area contributed by atoms with Gasteiger partial charge in [-0.3, -0.25) is 19.7 Å². The summed E-state index contributed by atoms with van der Waals surface area (Å²) in [4.78, 5) is 33.2. The molecule has 0 N–H and O–H groups in total. The molecule has 6 heteroatoms. The summed E-state index contributed by atoms with van der Waals surface area (Å²) in [6.45, 7) is 1.75. The molecule has 1 aliphatic rings. The molecule has 0 radical (unpaired) electrons. The van der Waals surface area contributed by atoms with Crippen LogP contribution in [0.15, 0.2) is 24.3 Å². The van der Waals surface area contributed by atoms with Gasteiger partial charge in [-0.05, 0) is 12.0 Å². The Kier molecular flexibility index (Phi) is 2.86. The number of ether oxygens (including phenoxy) is 1. The van der Waals surface area contributed by atoms with Crippen molar-refractivity contribution in [2.75, 3.05) is 0 Å². The number of esters is 2. The van der Waals surface area contributed by atoms with Crippen molar-refractivity contribution in [2.45, 2.75) is 25.2 Å². The average molecular weight is 249 g/mol. The van der Waals surface area contributed by atoms with Gasteiger partial charge in [-0.25, -0.2) is 0 Å². The van der Waals surface area contributed by atoms with Crippen LogP contribution in [0.25, 0.3) is 0 Å². The lowest BCUT2D eigenvalue weighted by molar-refractivity contribution is -0.385. The standard InChI is InChI=1S/C12H11NO5/c1-2-12(7-10(14)18-11(12)15)8-4-3-5-9(6-8)13(16)17/h3-6H,2,7H2,1H3. The fraction of sp³-hybridized carbons (Fsp3) is 0.333. The van der Waals surface area contributed by atoms with E-state index in [1.807, 2.05) is 0 Å². The van der Waals surface area contributed by atoms with Crippen LogP contribution >= 0.6 is 0 Å². The van der Waals surface area contributed by atoms with Crippen LogP contribution in [0, 0.1) is 10.1 Å². The van der Waals surface area contributed by atoms with Gasteiger partial charge in [0.1, 0.15) is 5.41 Å². The van der Waals surface area contributed by atoms with Crippen molar-refractivity contribution < 1.29 is 19.2 Å². The van der Waals surface area contributed by atoms with Gasteiger partial charge in [-0.1, -0.05) is 19.1 Å². The SMILES string of the molecule is CCC1(c2cccc([N+](=O)[O-])c2)CC(=O)OC1=O. The molecule has 0 amide bonds. The predicted molar refractivity (Wildman–Crippen MR) is 60.8 cm³/mol. The summed E-state index contributed by atoms with van der Waals surface area (Å²) in [6.07, 6.45) is 0.294. The number of benzene rings is 1. The summed E-state index contributed by atoms with van der Waals surface area (Å²) in [5, 5.41) is 10.7. The first-order valence-electron chi connectivity index (χ1n) is 5.49. The van der Waals surface area contributed by atoms with E-state index in [9.17, 15) is 19.7 Å². The summed E-state index contributed by atoms with van der Waals surface area (Å²) in [7, 11) is 0. The van der Waals surface area contributed by atoms with Gasteiger partial charge < -0.3 is 4.74 Å². The van der Waals surface area contributed by atoms with E-state index in [1.54, 1.807) is 13.0 Å². The zero-order valence-electron chi connectivity index (χ0n) is 9.71. The molecule has 1 atom stereocenters. The van der Waals surface area contributed by atoms with Crippen LogP contribution in [-0.4, -0.2) is 16.9 Å². The largest absolute Gasteiger partial charge is 0.392 e. The van der Waals surface area contributed by atoms with Gasteiger partial charge in [-0.15, -0.1) is 0 Å². The van der Waals surface area contributed by atoms with E-state index in [0.717, 1.165) is 0 Å². The van der Waals surface area contributed by atoms with Gasteiger partial charge in [0.25, 0.3) is 5.69 Å². The number of rotatable bonds is 3. The van der Waals surface area contributed by atoms with Crippen molar-refractivity contribution in [1.82, 2.24) is 0 Å². The number of nitro groups is 1. The minimum Gasteiger partial charge on any atom is -0.392 e. The Morgan fingerprint density at radius 3 is 2.67 bits per heavy atom. The third-order valence-electron chi connectivity index (χ3n) is 3.26. The van der Waals surface area contributed by atoms with E-state index in [2.05, 4.69) is 4.74 Å². The fourth-order valence-corrected chi connectivity index (χ4v) is 2.17. The maximum absolute atomic E-state index is 11.8. The lowest BCUT2D eigenvalue weighted by Crippen LogP contribution is -2.30. The minimum absolute atomic E-state index is 0.0660. The van der Waals surface area contributed by atoms with E-state index in [4.69, 9.17) is 0 Å². The number of nitro benzene ring substituents is 1. The van der Waals surface area contributed by atoms with Crippen LogP contribution in [0.2, 0.25) is 0 Å². The molecule has 1 aromatic carbocycles. The summed E-state index contributed by atoms with van der Waals surface area (Å²) >= 11 is 0. The quantitative estimate of drug-likeness (QED) is 0.352. The molecule has 1 unspecified atom stereocenters. The summed E-state index contributed by atoms with van der Waals surface area (Å²) in [5.41, 5.74) is -0.731. The first kappa shape index (κ1) is 12.2. The van der Waals surface area contributed by atoms with Crippen LogP contribution in [-0.2, 0) is 19.7 Å². The van der Waals surface area contributed by atoms with Crippen LogP contribution in [0.1, 0.15) is 25.3 Å². The number of cyclic esters (lactones) is 2. The van der Waals surface area contributed by atoms with Gasteiger partial charge in [0.2, 0.25) is 0 Å². The second-order valence-corrected chi connectivity index (χ2v) is 4.18. The highest BCUT2D eigenvalue weighted by Crippen LogP contribution is 2.39. The normalized spacial score (nSPS) is 22.9. The van der Waals surface area contributed by atoms with Crippen molar-refractivity contribution in [3.8, 4) is 0 Å². The highest BCUT2D eigenvalue weighted by molar-refractivity contribution is 6.01. The number of nitrogens with zero attached hydrogens (tertiary/aromatic N) is 1. The number of carbonyl (C=O) groups is 2. The zero-order chi connectivity index (χ0) is 13.3. The number of hydrogen-bond donors (Lipinski definition) is 0. The Morgan fingerprint density at radius 2 is 2.17 bits per heavy atom. The first-order valence-corrected chi connectivity index (χ1v) is 5.49. The van der Waals surface area contributed by atoms with Gasteiger partial charge in [0.15, 0.2) is 0 Å². The third kappa shape index (κ3) is 1.75. The Labute approximate surface area is 103 Å². The average Bonchev–Trinajstić information content (AvgIpc) is 2.65. The summed E-state index contributed by atoms with van der Waals surface area (Å²) in [6, 6.07) is 5.77. The molecule has 94 valence electrons. The molecular formula is C12H11NO5. The van der Waals surface area contributed by atoms with E-state index >= 15 is 0 Å². The lowest BCUT2D eigenvalue weighted by atomic mass is 9.77. The van der Waals surface area contributed by atoms with Crippen molar-refractivity contribution >= 4 is 17.6 Å². The van der Waals surface area contributed by atoms with E-state index < -0.39 is 22.3 Å². The Bertz CT molecular complexity index is 539. The Hall–Kier alpha value is -2.24. The van der Waals surface area contributed by atoms with Gasteiger partial charge >= 0.3 is 11.9 Å². The second-order valence-electron chi connectivity index (χ2n) is 4.18. The maximum Gasteiger partial charge on any atom is 0.324 e. The van der Waals surface area contributed by atoms with Gasteiger partial charge in [0.05, 0.1) is 11.3 Å². The Balaban J connectivity index is 2.51. The molecule has 6 nitrogen and oxygen atoms in total. The molecule has 0 aliphatic carbocycles. The zero-order valence-corrected chi connectivity index (χ0v) is 9.71. The van der Waals surface area contributed by atoms with Crippen molar-refractivity contribution in [3.63, 3.8) is 0 Å². The van der Waals surface area contributed by atoms with Crippen molar-refractivity contribution in [3.05, 3.63) is 39.9 Å². The van der Waals surface area contributed by atoms with Crippen LogP contribution in [0.4, 0.5) is 5.69 Å². The van der Waals surface area contributed by atoms with E-state index in [1.165, 1.54) is 18.2 Å². The van der Waals surface area contributed by atoms with Gasteiger partial charge in [-0.2, -0.15) is 0 Å². The topological polar surface area (TPSA) is 86.5 Å². The summed E-state index contributed by atoms with van der Waals surface area (Å²) in [5.74, 6) is -1.22. The smallest absolute Gasteiger partial charge is 0.324 e. The highest BCUT2D eigenvalue weighted by atomic mass is 16.6. The monoisotopic (exact) mass is 249 g/mol. The highest BCUT2D eigenvalue weighted by Gasteiger charge is 2.49. The number of carbonyl (C=O) groups excluding carboxylic acids is 2. The molecule has 1 heterocycles. The first-order chi connectivity index (χ1) is 8.49.